The number of hydrogen-bond donors (Lipinski definition) is 1. The van der Waals surface area contributed by atoms with Crippen LogP contribution < -0.4 is 14.4 Å². The molecule has 0 aromatic heterocycles. The molecule has 0 aliphatic carbocycles. The predicted octanol–water partition coefficient (Wildman–Crippen LogP) is 4.62. The maximum absolute atomic E-state index is 13.5. The molecule has 2 aromatic carbocycles. The van der Waals surface area contributed by atoms with Gasteiger partial charge in [0.25, 0.3) is 0 Å². The van der Waals surface area contributed by atoms with Gasteiger partial charge in [-0.25, -0.2) is 8.42 Å². The van der Waals surface area contributed by atoms with Gasteiger partial charge in [-0.1, -0.05) is 36.7 Å². The summed E-state index contributed by atoms with van der Waals surface area (Å²) < 4.78 is 31.4. The highest BCUT2D eigenvalue weighted by atomic mass is 35.5. The topological polar surface area (TPSA) is 96.0 Å². The van der Waals surface area contributed by atoms with E-state index in [0.717, 1.165) is 11.8 Å². The van der Waals surface area contributed by atoms with E-state index >= 15 is 0 Å². The monoisotopic (exact) mass is 551 g/mol. The van der Waals surface area contributed by atoms with Crippen LogP contribution in [-0.2, 0) is 26.2 Å². The van der Waals surface area contributed by atoms with Gasteiger partial charge >= 0.3 is 0 Å². The van der Waals surface area contributed by atoms with Crippen LogP contribution in [0.15, 0.2) is 48.5 Å². The zero-order chi connectivity index (χ0) is 27.8. The van der Waals surface area contributed by atoms with Gasteiger partial charge in [-0.15, -0.1) is 0 Å². The second-order valence-electron chi connectivity index (χ2n) is 9.91. The Balaban J connectivity index is 2.24. The standard InChI is InChI=1S/C27H38ClN3O5S/c1-7-24(26(33)29-27(2,3)4)30(19-20-11-8-9-12-23(20)28)25(32)13-10-18-31(37(6,34)35)21-14-16-22(36-5)17-15-21/h8-9,11-12,14-17,24H,7,10,13,18-19H2,1-6H3,(H,29,33). The van der Waals surface area contributed by atoms with Crippen molar-refractivity contribution in [3.63, 3.8) is 0 Å². The molecule has 1 atom stereocenters. The molecule has 0 saturated heterocycles. The van der Waals surface area contributed by atoms with Crippen LogP contribution in [0.1, 0.15) is 52.5 Å². The van der Waals surface area contributed by atoms with E-state index in [2.05, 4.69) is 5.32 Å². The number of hydrogen-bond acceptors (Lipinski definition) is 5. The lowest BCUT2D eigenvalue weighted by molar-refractivity contribution is -0.142. The van der Waals surface area contributed by atoms with Gasteiger partial charge in [0.1, 0.15) is 11.8 Å². The molecule has 0 aliphatic heterocycles. The maximum Gasteiger partial charge on any atom is 0.243 e. The number of ether oxygens (including phenoxy) is 1. The minimum Gasteiger partial charge on any atom is -0.497 e. The third-order valence-electron chi connectivity index (χ3n) is 5.70. The fourth-order valence-electron chi connectivity index (χ4n) is 3.93. The number of sulfonamides is 1. The summed E-state index contributed by atoms with van der Waals surface area (Å²) in [5.41, 5.74) is 0.757. The Kier molecular flexibility index (Phi) is 10.8. The number of benzene rings is 2. The summed E-state index contributed by atoms with van der Waals surface area (Å²) in [6, 6.07) is 13.2. The molecule has 0 radical (unpaired) electrons. The van der Waals surface area contributed by atoms with E-state index in [0.29, 0.717) is 22.9 Å². The summed E-state index contributed by atoms with van der Waals surface area (Å²) in [4.78, 5) is 28.2. The average molecular weight is 552 g/mol. The first kappa shape index (κ1) is 30.4. The molecule has 0 fully saturated rings. The summed E-state index contributed by atoms with van der Waals surface area (Å²) in [6.45, 7) is 7.80. The maximum atomic E-state index is 13.5. The Labute approximate surface area is 226 Å². The molecule has 0 bridgehead atoms. The lowest BCUT2D eigenvalue weighted by Crippen LogP contribution is -2.53. The van der Waals surface area contributed by atoms with Crippen molar-refractivity contribution in [2.75, 3.05) is 24.2 Å². The van der Waals surface area contributed by atoms with Crippen molar-refractivity contribution in [1.29, 1.82) is 0 Å². The second kappa shape index (κ2) is 13.1. The van der Waals surface area contributed by atoms with E-state index < -0.39 is 21.6 Å². The van der Waals surface area contributed by atoms with Crippen LogP contribution >= 0.6 is 11.6 Å². The lowest BCUT2D eigenvalue weighted by Gasteiger charge is -2.33. The van der Waals surface area contributed by atoms with E-state index in [1.807, 2.05) is 39.8 Å². The molecule has 0 heterocycles. The molecule has 0 spiro atoms. The van der Waals surface area contributed by atoms with Gasteiger partial charge in [-0.3, -0.25) is 13.9 Å². The fourth-order valence-corrected chi connectivity index (χ4v) is 5.10. The average Bonchev–Trinajstić information content (AvgIpc) is 2.81. The number of carbonyl (C=O) groups is 2. The number of halogens is 1. The lowest BCUT2D eigenvalue weighted by atomic mass is 10.0. The van der Waals surface area contributed by atoms with E-state index in [-0.39, 0.29) is 37.7 Å². The van der Waals surface area contributed by atoms with Crippen molar-refractivity contribution >= 4 is 39.1 Å². The smallest absolute Gasteiger partial charge is 0.243 e. The van der Waals surface area contributed by atoms with Gasteiger partial charge < -0.3 is 15.0 Å². The van der Waals surface area contributed by atoms with Crippen LogP contribution in [0, 0.1) is 0 Å². The van der Waals surface area contributed by atoms with Gasteiger partial charge in [0, 0.05) is 30.1 Å². The summed E-state index contributed by atoms with van der Waals surface area (Å²) in [7, 11) is -2.04. The van der Waals surface area contributed by atoms with Crippen molar-refractivity contribution < 1.29 is 22.7 Å². The Hall–Kier alpha value is -2.78. The summed E-state index contributed by atoms with van der Waals surface area (Å²) in [5.74, 6) is 0.118. The fraction of sp³-hybridized carbons (Fsp3) is 0.481. The van der Waals surface area contributed by atoms with Gasteiger partial charge in [-0.2, -0.15) is 0 Å². The largest absolute Gasteiger partial charge is 0.497 e. The highest BCUT2D eigenvalue weighted by Gasteiger charge is 2.31. The van der Waals surface area contributed by atoms with Crippen molar-refractivity contribution in [2.45, 2.75) is 65.1 Å². The minimum absolute atomic E-state index is 0.0614. The summed E-state index contributed by atoms with van der Waals surface area (Å²) in [5, 5.41) is 3.48. The molecule has 0 aliphatic rings. The Morgan fingerprint density at radius 2 is 1.70 bits per heavy atom. The van der Waals surface area contributed by atoms with E-state index in [1.165, 1.54) is 11.4 Å². The first-order valence-corrected chi connectivity index (χ1v) is 14.5. The Morgan fingerprint density at radius 3 is 2.22 bits per heavy atom. The number of nitrogens with one attached hydrogen (secondary N) is 1. The van der Waals surface area contributed by atoms with Crippen LogP contribution in [-0.4, -0.2) is 56.6 Å². The predicted molar refractivity (Wildman–Crippen MR) is 148 cm³/mol. The van der Waals surface area contributed by atoms with Crippen molar-refractivity contribution in [2.24, 2.45) is 0 Å². The third-order valence-corrected chi connectivity index (χ3v) is 7.26. The quantitative estimate of drug-likeness (QED) is 0.415. The Bertz CT molecular complexity index is 1160. The van der Waals surface area contributed by atoms with E-state index in [9.17, 15) is 18.0 Å². The molecule has 2 rings (SSSR count). The number of methoxy groups -OCH3 is 1. The SMILES string of the molecule is CCC(C(=O)NC(C)(C)C)N(Cc1ccccc1Cl)C(=O)CCCN(c1ccc(OC)cc1)S(C)(=O)=O. The molecule has 37 heavy (non-hydrogen) atoms. The van der Waals surface area contributed by atoms with Crippen LogP contribution in [0.3, 0.4) is 0 Å². The first-order valence-electron chi connectivity index (χ1n) is 12.2. The molecule has 1 N–H and O–H groups in total. The van der Waals surface area contributed by atoms with Crippen molar-refractivity contribution in [3.05, 3.63) is 59.1 Å². The van der Waals surface area contributed by atoms with Crippen LogP contribution in [0.25, 0.3) is 0 Å². The van der Waals surface area contributed by atoms with Crippen LogP contribution in [0.4, 0.5) is 5.69 Å². The zero-order valence-electron chi connectivity index (χ0n) is 22.5. The second-order valence-corrected chi connectivity index (χ2v) is 12.2. The number of carbonyl (C=O) groups excluding carboxylic acids is 2. The Morgan fingerprint density at radius 1 is 1.08 bits per heavy atom. The molecular weight excluding hydrogens is 514 g/mol. The highest BCUT2D eigenvalue weighted by molar-refractivity contribution is 7.92. The summed E-state index contributed by atoms with van der Waals surface area (Å²) in [6.07, 6.45) is 1.88. The van der Waals surface area contributed by atoms with Crippen molar-refractivity contribution in [3.8, 4) is 5.75 Å². The molecule has 0 saturated carbocycles. The van der Waals surface area contributed by atoms with Gasteiger partial charge in [-0.05, 0) is 69.5 Å². The van der Waals surface area contributed by atoms with Gasteiger partial charge in [0.2, 0.25) is 21.8 Å². The molecule has 2 aromatic rings. The number of amides is 2. The van der Waals surface area contributed by atoms with Crippen LogP contribution in [0.5, 0.6) is 5.75 Å². The normalized spacial score (nSPS) is 12.5. The summed E-state index contributed by atoms with van der Waals surface area (Å²) >= 11 is 6.37. The number of rotatable bonds is 12. The molecule has 1 unspecified atom stereocenters. The number of nitrogens with zero attached hydrogens (tertiary/aromatic N) is 2. The van der Waals surface area contributed by atoms with Gasteiger partial charge in [0.15, 0.2) is 0 Å². The van der Waals surface area contributed by atoms with Crippen molar-refractivity contribution in [1.82, 2.24) is 10.2 Å². The third kappa shape index (κ3) is 9.23. The first-order chi connectivity index (χ1) is 17.3. The highest BCUT2D eigenvalue weighted by Crippen LogP contribution is 2.24. The number of anilines is 1. The molecular formula is C27H38ClN3O5S. The van der Waals surface area contributed by atoms with Gasteiger partial charge in [0.05, 0.1) is 19.1 Å². The minimum atomic E-state index is -3.58. The molecule has 8 nitrogen and oxygen atoms in total. The molecule has 2 amide bonds. The van der Waals surface area contributed by atoms with E-state index in [4.69, 9.17) is 16.3 Å². The molecule has 204 valence electrons. The van der Waals surface area contributed by atoms with E-state index in [1.54, 1.807) is 41.3 Å². The van der Waals surface area contributed by atoms with Crippen LogP contribution in [0.2, 0.25) is 5.02 Å². The zero-order valence-corrected chi connectivity index (χ0v) is 24.0. The molecule has 10 heteroatoms.